The fraction of sp³-hybridized carbons (Fsp3) is 0.214. The molecule has 0 amide bonds. The van der Waals surface area contributed by atoms with Crippen LogP contribution in [0, 0.1) is 0 Å². The minimum atomic E-state index is -0.127. The van der Waals surface area contributed by atoms with Gasteiger partial charge in [-0.05, 0) is 12.6 Å². The third-order valence-corrected chi connectivity index (χ3v) is 3.01. The summed E-state index contributed by atoms with van der Waals surface area (Å²) in [5.74, 6) is 0.117. The van der Waals surface area contributed by atoms with E-state index in [4.69, 9.17) is 5.73 Å². The summed E-state index contributed by atoms with van der Waals surface area (Å²) in [6.07, 6.45) is 1.71. The van der Waals surface area contributed by atoms with E-state index in [1.165, 1.54) is 5.56 Å². The first-order chi connectivity index (χ1) is 8.59. The van der Waals surface area contributed by atoms with Crippen molar-refractivity contribution in [1.29, 1.82) is 0 Å². The summed E-state index contributed by atoms with van der Waals surface area (Å²) in [6, 6.07) is 9.98. The predicted octanol–water partition coefficient (Wildman–Crippen LogP) is 1.81. The molecule has 0 saturated heterocycles. The zero-order valence-electron chi connectivity index (χ0n) is 10.4. The molecule has 1 aromatic rings. The lowest BCUT2D eigenvalue weighted by molar-refractivity contribution is 0.300. The van der Waals surface area contributed by atoms with Crippen molar-refractivity contribution < 1.29 is 5.11 Å². The number of rotatable bonds is 3. The van der Waals surface area contributed by atoms with Crippen molar-refractivity contribution in [3.05, 3.63) is 59.6 Å². The highest BCUT2D eigenvalue weighted by molar-refractivity contribution is 5.74. The first-order valence-corrected chi connectivity index (χ1v) is 5.76. The van der Waals surface area contributed by atoms with Crippen LogP contribution in [0.3, 0.4) is 0 Å². The number of aliphatic hydroxyl groups excluding tert-OH is 1. The van der Waals surface area contributed by atoms with E-state index in [1.54, 1.807) is 6.21 Å². The molecule has 0 bridgehead atoms. The lowest BCUT2D eigenvalue weighted by atomic mass is 10.0. The predicted molar refractivity (Wildman–Crippen MR) is 73.2 cm³/mol. The van der Waals surface area contributed by atoms with Crippen LogP contribution in [0.5, 0.6) is 0 Å². The zero-order valence-corrected chi connectivity index (χ0v) is 10.4. The second kappa shape index (κ2) is 5.06. The Morgan fingerprint density at radius 2 is 2.06 bits per heavy atom. The standard InChI is InChI=1S/C14H17N3O/c1-10-12(8-16-14(15)13(10)18)17(2)9-11-6-4-3-5-7-11/h3-8,12,18H,1,9,15H2,2H3. The SMILES string of the molecule is C=C1C(O)=C(N)N=CC1N(C)Cc1ccccc1. The van der Waals surface area contributed by atoms with Crippen molar-refractivity contribution >= 4 is 6.21 Å². The monoisotopic (exact) mass is 243 g/mol. The lowest BCUT2D eigenvalue weighted by Crippen LogP contribution is -2.36. The van der Waals surface area contributed by atoms with Crippen LogP contribution in [0.2, 0.25) is 0 Å². The van der Waals surface area contributed by atoms with E-state index in [-0.39, 0.29) is 17.6 Å². The first kappa shape index (κ1) is 12.4. The molecule has 1 unspecified atom stereocenters. The van der Waals surface area contributed by atoms with Crippen molar-refractivity contribution in [1.82, 2.24) is 4.90 Å². The number of likely N-dealkylation sites (N-methyl/N-ethyl adjacent to an activating group) is 1. The van der Waals surface area contributed by atoms with Crippen LogP contribution < -0.4 is 5.73 Å². The largest absolute Gasteiger partial charge is 0.504 e. The van der Waals surface area contributed by atoms with E-state index < -0.39 is 0 Å². The molecule has 3 N–H and O–H groups in total. The number of benzene rings is 1. The fourth-order valence-electron chi connectivity index (χ4n) is 1.96. The van der Waals surface area contributed by atoms with Gasteiger partial charge in [0.25, 0.3) is 0 Å². The molecule has 0 fully saturated rings. The van der Waals surface area contributed by atoms with E-state index >= 15 is 0 Å². The molecule has 94 valence electrons. The number of aliphatic hydroxyl groups is 1. The van der Waals surface area contributed by atoms with E-state index in [2.05, 4.69) is 28.6 Å². The third-order valence-electron chi connectivity index (χ3n) is 3.01. The summed E-state index contributed by atoms with van der Waals surface area (Å²) in [5.41, 5.74) is 7.32. The van der Waals surface area contributed by atoms with Crippen LogP contribution in [-0.4, -0.2) is 29.3 Å². The second-order valence-corrected chi connectivity index (χ2v) is 4.38. The van der Waals surface area contributed by atoms with Crippen LogP contribution in [0.1, 0.15) is 5.56 Å². The highest BCUT2D eigenvalue weighted by Gasteiger charge is 2.23. The Hall–Kier alpha value is -2.07. The maximum Gasteiger partial charge on any atom is 0.165 e. The highest BCUT2D eigenvalue weighted by Crippen LogP contribution is 2.20. The van der Waals surface area contributed by atoms with E-state index in [1.807, 2.05) is 25.2 Å². The number of aliphatic imine (C=N–C) groups is 1. The highest BCUT2D eigenvalue weighted by atomic mass is 16.3. The Bertz CT molecular complexity index is 505. The molecular weight excluding hydrogens is 226 g/mol. The van der Waals surface area contributed by atoms with Gasteiger partial charge in [0.15, 0.2) is 11.6 Å². The quantitative estimate of drug-likeness (QED) is 0.851. The molecule has 1 aromatic carbocycles. The van der Waals surface area contributed by atoms with Gasteiger partial charge in [0.05, 0.1) is 6.04 Å². The van der Waals surface area contributed by atoms with Crippen LogP contribution in [0.4, 0.5) is 0 Å². The maximum absolute atomic E-state index is 9.75. The fourth-order valence-corrected chi connectivity index (χ4v) is 1.96. The molecule has 1 atom stereocenters. The molecule has 4 heteroatoms. The zero-order chi connectivity index (χ0) is 13.1. The molecule has 0 aromatic heterocycles. The van der Waals surface area contributed by atoms with Crippen molar-refractivity contribution in [3.63, 3.8) is 0 Å². The molecule has 2 rings (SSSR count). The van der Waals surface area contributed by atoms with Gasteiger partial charge in [-0.1, -0.05) is 36.9 Å². The maximum atomic E-state index is 9.75. The number of hydrogen-bond donors (Lipinski definition) is 2. The smallest absolute Gasteiger partial charge is 0.165 e. The molecule has 4 nitrogen and oxygen atoms in total. The Labute approximate surface area is 107 Å². The van der Waals surface area contributed by atoms with Crippen LogP contribution >= 0.6 is 0 Å². The normalized spacial score (nSPS) is 19.7. The van der Waals surface area contributed by atoms with Gasteiger partial charge in [0, 0.05) is 18.3 Å². The Morgan fingerprint density at radius 1 is 1.39 bits per heavy atom. The van der Waals surface area contributed by atoms with Gasteiger partial charge in [0.2, 0.25) is 0 Å². The van der Waals surface area contributed by atoms with Crippen molar-refractivity contribution in [2.24, 2.45) is 10.7 Å². The van der Waals surface area contributed by atoms with Gasteiger partial charge in [-0.25, -0.2) is 4.99 Å². The first-order valence-electron chi connectivity index (χ1n) is 5.76. The van der Waals surface area contributed by atoms with Crippen LogP contribution in [0.15, 0.2) is 59.1 Å². The molecule has 0 spiro atoms. The summed E-state index contributed by atoms with van der Waals surface area (Å²) in [4.78, 5) is 6.04. The summed E-state index contributed by atoms with van der Waals surface area (Å²) in [6.45, 7) is 4.62. The molecule has 0 saturated carbocycles. The minimum Gasteiger partial charge on any atom is -0.504 e. The van der Waals surface area contributed by atoms with Crippen molar-refractivity contribution in [3.8, 4) is 0 Å². The molecule has 0 radical (unpaired) electrons. The van der Waals surface area contributed by atoms with Gasteiger partial charge in [-0.3, -0.25) is 4.90 Å². The molecule has 1 aliphatic heterocycles. The Balaban J connectivity index is 2.10. The van der Waals surface area contributed by atoms with Crippen molar-refractivity contribution in [2.75, 3.05) is 7.05 Å². The molecular formula is C14H17N3O. The lowest BCUT2D eigenvalue weighted by Gasteiger charge is -2.28. The average Bonchev–Trinajstić information content (AvgIpc) is 2.37. The number of nitrogens with zero attached hydrogens (tertiary/aromatic N) is 2. The number of nitrogens with two attached hydrogens (primary N) is 1. The van der Waals surface area contributed by atoms with E-state index in [9.17, 15) is 5.11 Å². The van der Waals surface area contributed by atoms with Gasteiger partial charge in [-0.15, -0.1) is 0 Å². The van der Waals surface area contributed by atoms with Gasteiger partial charge >= 0.3 is 0 Å². The van der Waals surface area contributed by atoms with Gasteiger partial charge in [-0.2, -0.15) is 0 Å². The van der Waals surface area contributed by atoms with Gasteiger partial charge < -0.3 is 10.8 Å². The minimum absolute atomic E-state index is 0.0117. The van der Waals surface area contributed by atoms with Crippen LogP contribution in [0.25, 0.3) is 0 Å². The summed E-state index contributed by atoms with van der Waals surface area (Å²) >= 11 is 0. The second-order valence-electron chi connectivity index (χ2n) is 4.38. The average molecular weight is 243 g/mol. The third kappa shape index (κ3) is 2.43. The number of hydrogen-bond acceptors (Lipinski definition) is 4. The topological polar surface area (TPSA) is 61.9 Å². The summed E-state index contributed by atoms with van der Waals surface area (Å²) in [5, 5.41) is 9.75. The molecule has 18 heavy (non-hydrogen) atoms. The molecule has 0 aliphatic carbocycles. The summed E-state index contributed by atoms with van der Waals surface area (Å²) in [7, 11) is 1.96. The van der Waals surface area contributed by atoms with Crippen LogP contribution in [-0.2, 0) is 6.54 Å². The molecule has 1 heterocycles. The van der Waals surface area contributed by atoms with E-state index in [0.717, 1.165) is 6.54 Å². The van der Waals surface area contributed by atoms with Gasteiger partial charge in [0.1, 0.15) is 0 Å². The molecule has 1 aliphatic rings. The van der Waals surface area contributed by atoms with E-state index in [0.29, 0.717) is 5.57 Å². The Kier molecular flexibility index (Phi) is 3.48. The Morgan fingerprint density at radius 3 is 2.72 bits per heavy atom. The van der Waals surface area contributed by atoms with Crippen molar-refractivity contribution in [2.45, 2.75) is 12.6 Å². The summed E-state index contributed by atoms with van der Waals surface area (Å²) < 4.78 is 0.